The smallest absolute Gasteiger partial charge is 0.399 e. The monoisotopic (exact) mass is 877 g/mol. The number of ether oxygens (including phenoxy) is 2. The van der Waals surface area contributed by atoms with Gasteiger partial charge in [-0.05, 0) is 101 Å². The third kappa shape index (κ3) is 10.8. The Hall–Kier alpha value is -5.22. The summed E-state index contributed by atoms with van der Waals surface area (Å²) in [6, 6.07) is 23.9. The quantitative estimate of drug-likeness (QED) is 0.130. The number of nitrogens with two attached hydrogens (primary N) is 2. The highest BCUT2D eigenvalue weighted by atomic mass is 16.7. The average molecular weight is 877 g/mol. The van der Waals surface area contributed by atoms with Crippen LogP contribution in [0.15, 0.2) is 72.8 Å². The Kier molecular flexibility index (Phi) is 15.2. The first kappa shape index (κ1) is 49.8. The second-order valence-electron chi connectivity index (χ2n) is 19.3. The zero-order valence-electron chi connectivity index (χ0n) is 38.5. The predicted molar refractivity (Wildman–Crippen MR) is 264 cm³/mol. The number of benzene rings is 2. The zero-order valence-corrected chi connectivity index (χ0v) is 38.5. The molecule has 3 fully saturated rings. The second-order valence-corrected chi connectivity index (χ2v) is 19.3. The van der Waals surface area contributed by atoms with Crippen molar-refractivity contribution in [3.8, 4) is 11.4 Å². The van der Waals surface area contributed by atoms with Gasteiger partial charge in [-0.25, -0.2) is 19.0 Å². The van der Waals surface area contributed by atoms with E-state index in [1.54, 1.807) is 0 Å². The van der Waals surface area contributed by atoms with Gasteiger partial charge >= 0.3 is 7.12 Å². The summed E-state index contributed by atoms with van der Waals surface area (Å²) >= 11 is 0. The molecule has 15 heteroatoms. The van der Waals surface area contributed by atoms with Gasteiger partial charge in [-0.3, -0.25) is 0 Å². The molecule has 9 rings (SSSR count). The molecule has 0 radical (unpaired) electrons. The summed E-state index contributed by atoms with van der Waals surface area (Å²) < 4.78 is 26.9. The van der Waals surface area contributed by atoms with Crippen LogP contribution in [0.1, 0.15) is 101 Å². The van der Waals surface area contributed by atoms with E-state index >= 15 is 0 Å². The van der Waals surface area contributed by atoms with Gasteiger partial charge in [0.1, 0.15) is 16.9 Å². The second kappa shape index (κ2) is 19.5. The molecular weight excluding hydrogens is 803 g/mol. The third-order valence-corrected chi connectivity index (χ3v) is 11.9. The molecule has 14 nitrogen and oxygen atoms in total. The summed E-state index contributed by atoms with van der Waals surface area (Å²) in [5.41, 5.74) is 18.9. The van der Waals surface area contributed by atoms with E-state index in [1.165, 1.54) is 11.4 Å². The van der Waals surface area contributed by atoms with Gasteiger partial charge in [0.2, 0.25) is 0 Å². The molecule has 3 saturated heterocycles. The maximum Gasteiger partial charge on any atom is 0.494 e. The van der Waals surface area contributed by atoms with Gasteiger partial charge in [-0.2, -0.15) is 5.10 Å². The summed E-state index contributed by atoms with van der Waals surface area (Å²) in [6.07, 6.45) is 0. The molecule has 0 saturated carbocycles. The van der Waals surface area contributed by atoms with E-state index < -0.39 is 0 Å². The van der Waals surface area contributed by atoms with Crippen LogP contribution in [0, 0.1) is 6.92 Å². The molecule has 0 unspecified atom stereocenters. The number of hydrogen-bond acceptors (Lipinski definition) is 12. The molecular formula is C49H73BN10O4. The molecule has 64 heavy (non-hydrogen) atoms. The molecule has 0 atom stereocenters. The lowest BCUT2D eigenvalue weighted by Crippen LogP contribution is -2.41. The van der Waals surface area contributed by atoms with Gasteiger partial charge < -0.3 is 40.0 Å². The van der Waals surface area contributed by atoms with Crippen molar-refractivity contribution in [3.63, 3.8) is 0 Å². The molecule has 346 valence electrons. The predicted octanol–water partition coefficient (Wildman–Crippen LogP) is 8.12. The SMILES string of the molecule is C.C.CC(C)(C)c1ccc2c(N3CCOCC3)nc(-c3ccc(N)cc3)nn12.CC1(C)OB(c2ccc(N)cc2)OC1(C)C.Cc1nc(N2CCOCC2)c2ccc(C(C)(C)C)n2n1. The van der Waals surface area contributed by atoms with Gasteiger partial charge in [0.15, 0.2) is 17.5 Å². The first-order chi connectivity index (χ1) is 29.2. The minimum absolute atomic E-state index is 0. The Bertz CT molecular complexity index is 2440. The number of rotatable bonds is 4. The molecule has 0 amide bonds. The molecule has 7 heterocycles. The lowest BCUT2D eigenvalue weighted by atomic mass is 9.79. The van der Waals surface area contributed by atoms with Crippen molar-refractivity contribution in [3.05, 3.63) is 90.0 Å². The number of morpholine rings is 2. The lowest BCUT2D eigenvalue weighted by Gasteiger charge is -2.32. The molecule has 0 aliphatic carbocycles. The van der Waals surface area contributed by atoms with Crippen LogP contribution in [-0.4, -0.2) is 100 Å². The Morgan fingerprint density at radius 2 is 0.969 bits per heavy atom. The average Bonchev–Trinajstić information content (AvgIpc) is 3.92. The molecule has 4 aromatic heterocycles. The van der Waals surface area contributed by atoms with E-state index in [0.29, 0.717) is 5.82 Å². The zero-order chi connectivity index (χ0) is 44.6. The molecule has 0 bridgehead atoms. The van der Waals surface area contributed by atoms with E-state index in [1.807, 2.05) is 92.2 Å². The Labute approximate surface area is 381 Å². The minimum atomic E-state index is -0.300. The van der Waals surface area contributed by atoms with E-state index in [4.69, 9.17) is 40.3 Å². The van der Waals surface area contributed by atoms with E-state index in [9.17, 15) is 0 Å². The van der Waals surface area contributed by atoms with Crippen molar-refractivity contribution in [1.82, 2.24) is 29.2 Å². The fourth-order valence-electron chi connectivity index (χ4n) is 7.60. The minimum Gasteiger partial charge on any atom is -0.399 e. The van der Waals surface area contributed by atoms with E-state index in [2.05, 4.69) is 85.7 Å². The Balaban J connectivity index is 0.000000183. The first-order valence-electron chi connectivity index (χ1n) is 21.7. The number of anilines is 4. The van der Waals surface area contributed by atoms with Gasteiger partial charge in [0.05, 0.1) is 37.6 Å². The van der Waals surface area contributed by atoms with Crippen LogP contribution in [0.2, 0.25) is 0 Å². The van der Waals surface area contributed by atoms with Crippen molar-refractivity contribution in [2.45, 2.75) is 113 Å². The first-order valence-corrected chi connectivity index (χ1v) is 21.7. The van der Waals surface area contributed by atoms with Gasteiger partial charge in [0, 0.05) is 65.3 Å². The number of nitrogens with zero attached hydrogens (tertiary/aromatic N) is 8. The number of fused-ring (bicyclic) bond motifs is 2. The summed E-state index contributed by atoms with van der Waals surface area (Å²) in [7, 11) is -0.300. The lowest BCUT2D eigenvalue weighted by molar-refractivity contribution is 0.00578. The van der Waals surface area contributed by atoms with E-state index in [-0.39, 0.29) is 44.0 Å². The number of aromatic nitrogens is 6. The molecule has 0 spiro atoms. The highest BCUT2D eigenvalue weighted by molar-refractivity contribution is 6.62. The number of hydrogen-bond donors (Lipinski definition) is 2. The van der Waals surface area contributed by atoms with Crippen LogP contribution in [0.4, 0.5) is 23.0 Å². The van der Waals surface area contributed by atoms with Crippen LogP contribution in [0.3, 0.4) is 0 Å². The maximum absolute atomic E-state index is 5.93. The van der Waals surface area contributed by atoms with E-state index in [0.717, 1.165) is 104 Å². The van der Waals surface area contributed by atoms with Crippen molar-refractivity contribution >= 4 is 46.6 Å². The normalized spacial score (nSPS) is 17.2. The summed E-state index contributed by atoms with van der Waals surface area (Å²) in [5, 5.41) is 9.47. The summed E-state index contributed by atoms with van der Waals surface area (Å²) in [6.45, 7) is 29.8. The van der Waals surface area contributed by atoms with Crippen molar-refractivity contribution in [2.24, 2.45) is 0 Å². The number of nitrogen functional groups attached to an aromatic ring is 2. The molecule has 3 aliphatic rings. The molecule has 2 aromatic carbocycles. The highest BCUT2D eigenvalue weighted by Crippen LogP contribution is 2.37. The standard InChI is InChI=1S/C20H25N5O.C15H22N4O.C12H18BNO2.2CH4/c1-20(2,3)17-9-8-16-19(24-10-12-26-13-11-24)22-18(23-25(16)17)14-4-6-15(21)7-5-14;1-11-16-14(18-7-9-20-10-8-18)12-5-6-13(15(2,3)4)19(12)17-11;1-11(2)12(3,4)16-13(15-11)9-5-7-10(14)8-6-9;;/h4-9H,10-13,21H2,1-3H3;5-6H,7-10H2,1-4H3;5-8H,14H2,1-4H3;2*1H4. The Morgan fingerprint density at radius 1 is 0.562 bits per heavy atom. The maximum atomic E-state index is 5.93. The summed E-state index contributed by atoms with van der Waals surface area (Å²) in [5.74, 6) is 3.50. The van der Waals surface area contributed by atoms with Crippen molar-refractivity contribution in [2.75, 3.05) is 73.9 Å². The largest absolute Gasteiger partial charge is 0.494 e. The number of aryl methyl sites for hydroxylation is 1. The van der Waals surface area contributed by atoms with Gasteiger partial charge in [-0.1, -0.05) is 68.5 Å². The van der Waals surface area contributed by atoms with Crippen LogP contribution in [-0.2, 0) is 29.6 Å². The molecule has 4 N–H and O–H groups in total. The van der Waals surface area contributed by atoms with Crippen LogP contribution < -0.4 is 26.7 Å². The van der Waals surface area contributed by atoms with Gasteiger partial charge in [-0.15, -0.1) is 5.10 Å². The molecule has 3 aliphatic heterocycles. The van der Waals surface area contributed by atoms with Crippen LogP contribution >= 0.6 is 0 Å². The van der Waals surface area contributed by atoms with Crippen molar-refractivity contribution < 1.29 is 18.8 Å². The Morgan fingerprint density at radius 3 is 1.41 bits per heavy atom. The summed E-state index contributed by atoms with van der Waals surface area (Å²) in [4.78, 5) is 14.2. The van der Waals surface area contributed by atoms with Gasteiger partial charge in [0.25, 0.3) is 0 Å². The third-order valence-electron chi connectivity index (χ3n) is 11.9. The topological polar surface area (TPSA) is 156 Å². The van der Waals surface area contributed by atoms with Crippen LogP contribution in [0.25, 0.3) is 22.4 Å². The van der Waals surface area contributed by atoms with Crippen LogP contribution in [0.5, 0.6) is 0 Å². The molecule has 6 aromatic rings. The fraction of sp³-hybridized carbons (Fsp3) is 0.510. The highest BCUT2D eigenvalue weighted by Gasteiger charge is 2.51. The fourth-order valence-corrected chi connectivity index (χ4v) is 7.60. The van der Waals surface area contributed by atoms with Crippen molar-refractivity contribution in [1.29, 1.82) is 0 Å².